The summed E-state index contributed by atoms with van der Waals surface area (Å²) in [6, 6.07) is 4.04. The molecule has 5 heteroatoms. The smallest absolute Gasteiger partial charge is 0.376 e. The summed E-state index contributed by atoms with van der Waals surface area (Å²) in [4.78, 5) is 18.6. The van der Waals surface area contributed by atoms with Crippen LogP contribution in [0.4, 0.5) is 0 Å². The zero-order valence-corrected chi connectivity index (χ0v) is 13.0. The van der Waals surface area contributed by atoms with Gasteiger partial charge in [-0.15, -0.1) is 11.3 Å². The molecule has 2 heterocycles. The number of carbonyl (C=O) groups excluding carboxylic acids is 1. The first-order valence-electron chi connectivity index (χ1n) is 6.83. The summed E-state index contributed by atoms with van der Waals surface area (Å²) >= 11 is 1.64. The van der Waals surface area contributed by atoms with Crippen LogP contribution >= 0.6 is 11.3 Å². The first-order chi connectivity index (χ1) is 9.56. The van der Waals surface area contributed by atoms with Crippen molar-refractivity contribution in [2.75, 3.05) is 6.61 Å². The zero-order chi connectivity index (χ0) is 14.7. The fraction of sp³-hybridized carbons (Fsp3) is 0.467. The van der Waals surface area contributed by atoms with Crippen LogP contribution in [-0.4, -0.2) is 17.6 Å². The number of ether oxygens (including phenoxy) is 1. The summed E-state index contributed by atoms with van der Waals surface area (Å²) in [5, 5.41) is 0. The minimum Gasteiger partial charge on any atom is -0.460 e. The molecule has 0 N–H and O–H groups in total. The molecule has 0 unspecified atom stereocenters. The van der Waals surface area contributed by atoms with E-state index < -0.39 is 5.97 Å². The fourth-order valence-electron chi connectivity index (χ4n) is 1.85. The van der Waals surface area contributed by atoms with Gasteiger partial charge in [-0.3, -0.25) is 0 Å². The van der Waals surface area contributed by atoms with Crippen molar-refractivity contribution in [3.05, 3.63) is 28.5 Å². The normalized spacial score (nSPS) is 11.1. The van der Waals surface area contributed by atoms with Gasteiger partial charge in [-0.05, 0) is 31.4 Å². The van der Waals surface area contributed by atoms with Gasteiger partial charge in [0.25, 0.3) is 0 Å². The van der Waals surface area contributed by atoms with Gasteiger partial charge in [0.15, 0.2) is 0 Å². The standard InChI is InChI=1S/C15H19NO3S/c1-5-10-7-8-11(20-10)14-16-12(9(3)4)13(19-14)15(17)18-6-2/h7-9H,5-6H2,1-4H3. The highest BCUT2D eigenvalue weighted by atomic mass is 32.1. The molecule has 0 fully saturated rings. The van der Waals surface area contributed by atoms with Crippen LogP contribution in [0.5, 0.6) is 0 Å². The Morgan fingerprint density at radius 3 is 2.70 bits per heavy atom. The number of hydrogen-bond donors (Lipinski definition) is 0. The molecule has 0 aromatic carbocycles. The van der Waals surface area contributed by atoms with Crippen LogP contribution < -0.4 is 0 Å². The van der Waals surface area contributed by atoms with Crippen molar-refractivity contribution in [2.24, 2.45) is 0 Å². The van der Waals surface area contributed by atoms with E-state index in [0.29, 0.717) is 18.2 Å². The molecule has 4 nitrogen and oxygen atoms in total. The third-order valence-corrected chi connectivity index (χ3v) is 4.10. The van der Waals surface area contributed by atoms with E-state index in [4.69, 9.17) is 9.15 Å². The van der Waals surface area contributed by atoms with Crippen LogP contribution in [0.15, 0.2) is 16.5 Å². The van der Waals surface area contributed by atoms with Gasteiger partial charge in [-0.25, -0.2) is 9.78 Å². The maximum Gasteiger partial charge on any atom is 0.376 e. The Morgan fingerprint density at radius 2 is 2.15 bits per heavy atom. The SMILES string of the molecule is CCOC(=O)c1oc(-c2ccc(CC)s2)nc1C(C)C. The summed E-state index contributed by atoms with van der Waals surface area (Å²) in [7, 11) is 0. The van der Waals surface area contributed by atoms with Crippen LogP contribution in [0.2, 0.25) is 0 Å². The lowest BCUT2D eigenvalue weighted by atomic mass is 10.1. The molecule has 0 atom stereocenters. The Balaban J connectivity index is 2.40. The number of thiophene rings is 1. The molecular formula is C15H19NO3S. The Labute approximate surface area is 122 Å². The Kier molecular flexibility index (Phi) is 4.60. The lowest BCUT2D eigenvalue weighted by Gasteiger charge is -2.02. The summed E-state index contributed by atoms with van der Waals surface area (Å²) in [6.45, 7) is 8.17. The third-order valence-electron chi connectivity index (χ3n) is 2.88. The maximum atomic E-state index is 11.9. The lowest BCUT2D eigenvalue weighted by Crippen LogP contribution is -2.07. The van der Waals surface area contributed by atoms with Crippen molar-refractivity contribution < 1.29 is 13.9 Å². The summed E-state index contributed by atoms with van der Waals surface area (Å²) < 4.78 is 10.7. The molecule has 2 aromatic rings. The molecule has 0 bridgehead atoms. The summed E-state index contributed by atoms with van der Waals surface area (Å²) in [5.74, 6) is 0.393. The first-order valence-corrected chi connectivity index (χ1v) is 7.65. The van der Waals surface area contributed by atoms with E-state index in [1.54, 1.807) is 18.3 Å². The minimum atomic E-state index is -0.442. The van der Waals surface area contributed by atoms with Crippen molar-refractivity contribution in [3.63, 3.8) is 0 Å². The molecule has 0 spiro atoms. The molecule has 0 aliphatic heterocycles. The van der Waals surface area contributed by atoms with Gasteiger partial charge < -0.3 is 9.15 Å². The van der Waals surface area contributed by atoms with Crippen LogP contribution in [0, 0.1) is 0 Å². The predicted octanol–water partition coefficient (Wildman–Crippen LogP) is 4.27. The van der Waals surface area contributed by atoms with E-state index in [9.17, 15) is 4.79 Å². The number of oxazole rings is 1. The van der Waals surface area contributed by atoms with Gasteiger partial charge in [0.1, 0.15) is 0 Å². The van der Waals surface area contributed by atoms with E-state index in [1.807, 2.05) is 19.9 Å². The molecule has 0 radical (unpaired) electrons. The van der Waals surface area contributed by atoms with Crippen LogP contribution in [0.1, 0.15) is 54.7 Å². The summed E-state index contributed by atoms with van der Waals surface area (Å²) in [6.07, 6.45) is 0.979. The van der Waals surface area contributed by atoms with Gasteiger partial charge in [0, 0.05) is 4.88 Å². The average Bonchev–Trinajstić information content (AvgIpc) is 3.05. The fourth-order valence-corrected chi connectivity index (χ4v) is 2.73. The maximum absolute atomic E-state index is 11.9. The summed E-state index contributed by atoms with van der Waals surface area (Å²) in [5.41, 5.74) is 0.657. The molecule has 2 rings (SSSR count). The Morgan fingerprint density at radius 1 is 1.40 bits per heavy atom. The lowest BCUT2D eigenvalue weighted by molar-refractivity contribution is 0.0489. The number of nitrogens with zero attached hydrogens (tertiary/aromatic N) is 1. The van der Waals surface area contributed by atoms with E-state index in [2.05, 4.69) is 18.0 Å². The molecule has 0 saturated carbocycles. The number of esters is 1. The van der Waals surface area contributed by atoms with Crippen molar-refractivity contribution >= 4 is 17.3 Å². The predicted molar refractivity (Wildman–Crippen MR) is 79.2 cm³/mol. The van der Waals surface area contributed by atoms with E-state index in [0.717, 1.165) is 11.3 Å². The molecular weight excluding hydrogens is 274 g/mol. The molecule has 0 amide bonds. The minimum absolute atomic E-state index is 0.109. The molecule has 20 heavy (non-hydrogen) atoms. The van der Waals surface area contributed by atoms with Crippen molar-refractivity contribution in [3.8, 4) is 10.8 Å². The third kappa shape index (κ3) is 2.93. The second-order valence-corrected chi connectivity index (χ2v) is 5.90. The van der Waals surface area contributed by atoms with Gasteiger partial charge in [0.2, 0.25) is 11.7 Å². The second-order valence-electron chi connectivity index (χ2n) is 4.73. The van der Waals surface area contributed by atoms with Gasteiger partial charge in [-0.1, -0.05) is 20.8 Å². The first kappa shape index (κ1) is 14.8. The second kappa shape index (κ2) is 6.22. The molecule has 2 aromatic heterocycles. The quantitative estimate of drug-likeness (QED) is 0.773. The number of aromatic nitrogens is 1. The largest absolute Gasteiger partial charge is 0.460 e. The van der Waals surface area contributed by atoms with Gasteiger partial charge >= 0.3 is 5.97 Å². The van der Waals surface area contributed by atoms with E-state index in [-0.39, 0.29) is 11.7 Å². The number of aryl methyl sites for hydroxylation is 1. The topological polar surface area (TPSA) is 52.3 Å². The van der Waals surface area contributed by atoms with Crippen molar-refractivity contribution in [1.29, 1.82) is 0 Å². The number of rotatable bonds is 5. The van der Waals surface area contributed by atoms with Crippen LogP contribution in [0.3, 0.4) is 0 Å². The highest BCUT2D eigenvalue weighted by Gasteiger charge is 2.24. The number of carbonyl (C=O) groups is 1. The van der Waals surface area contributed by atoms with Gasteiger partial charge in [-0.2, -0.15) is 0 Å². The monoisotopic (exact) mass is 293 g/mol. The molecule has 0 saturated heterocycles. The van der Waals surface area contributed by atoms with E-state index in [1.165, 1.54) is 4.88 Å². The molecule has 108 valence electrons. The van der Waals surface area contributed by atoms with Crippen molar-refractivity contribution in [2.45, 2.75) is 40.0 Å². The molecule has 0 aliphatic rings. The van der Waals surface area contributed by atoms with Gasteiger partial charge in [0.05, 0.1) is 17.2 Å². The molecule has 0 aliphatic carbocycles. The van der Waals surface area contributed by atoms with Crippen LogP contribution in [0.25, 0.3) is 10.8 Å². The Bertz CT molecular complexity index is 598. The number of hydrogen-bond acceptors (Lipinski definition) is 5. The highest BCUT2D eigenvalue weighted by molar-refractivity contribution is 7.15. The average molecular weight is 293 g/mol. The Hall–Kier alpha value is -1.62. The van der Waals surface area contributed by atoms with E-state index >= 15 is 0 Å². The highest BCUT2D eigenvalue weighted by Crippen LogP contribution is 2.31. The van der Waals surface area contributed by atoms with Crippen LogP contribution in [-0.2, 0) is 11.2 Å². The zero-order valence-electron chi connectivity index (χ0n) is 12.2. The van der Waals surface area contributed by atoms with Crippen molar-refractivity contribution in [1.82, 2.24) is 4.98 Å².